The summed E-state index contributed by atoms with van der Waals surface area (Å²) in [6.07, 6.45) is 4.34. The average molecular weight is 352 g/mol. The van der Waals surface area contributed by atoms with Gasteiger partial charge in [0.1, 0.15) is 5.69 Å². The number of hydrogen-bond acceptors (Lipinski definition) is 4. The quantitative estimate of drug-likeness (QED) is 0.840. The summed E-state index contributed by atoms with van der Waals surface area (Å²) in [5.41, 5.74) is 3.75. The normalized spacial score (nSPS) is 23.7. The molecule has 2 fully saturated rings. The van der Waals surface area contributed by atoms with Crippen molar-refractivity contribution in [1.82, 2.24) is 15.1 Å². The van der Waals surface area contributed by atoms with Gasteiger partial charge in [-0.05, 0) is 63.4 Å². The number of benzene rings is 1. The monoisotopic (exact) mass is 352 g/mol. The molecule has 0 spiro atoms. The Labute approximate surface area is 155 Å². The van der Waals surface area contributed by atoms with E-state index in [0.29, 0.717) is 18.2 Å². The van der Waals surface area contributed by atoms with Gasteiger partial charge in [0.05, 0.1) is 0 Å². The summed E-state index contributed by atoms with van der Waals surface area (Å²) in [4.78, 5) is 17.5. The highest BCUT2D eigenvalue weighted by Gasteiger charge is 2.32. The number of Topliss-reactive ketones (excluding diaryl/α,β-unsaturated/α-hetero) is 1. The second-order valence-electron chi connectivity index (χ2n) is 7.82. The van der Waals surface area contributed by atoms with Gasteiger partial charge in [0.25, 0.3) is 0 Å². The summed E-state index contributed by atoms with van der Waals surface area (Å²) >= 11 is 0. The second kappa shape index (κ2) is 7.23. The third-order valence-electron chi connectivity index (χ3n) is 5.89. The van der Waals surface area contributed by atoms with Crippen LogP contribution in [-0.4, -0.2) is 52.6 Å². The van der Waals surface area contributed by atoms with E-state index in [9.17, 15) is 4.79 Å². The minimum Gasteiger partial charge on any atom is -0.370 e. The molecule has 5 nitrogen and oxygen atoms in total. The van der Waals surface area contributed by atoms with Gasteiger partial charge >= 0.3 is 0 Å². The molecule has 138 valence electrons. The number of hydrogen-bond donors (Lipinski definition) is 1. The minimum atomic E-state index is 0.0614. The number of ketones is 1. The molecule has 0 saturated carbocycles. The molecular weight excluding hydrogens is 324 g/mol. The number of nitrogens with one attached hydrogen (secondary N) is 1. The Balaban J connectivity index is 1.36. The molecule has 5 heteroatoms. The number of carbonyl (C=O) groups is 1. The number of anilines is 1. The molecule has 2 saturated heterocycles. The molecule has 3 heterocycles. The van der Waals surface area contributed by atoms with E-state index in [1.165, 1.54) is 31.5 Å². The Morgan fingerprint density at radius 1 is 1.23 bits per heavy atom. The lowest BCUT2D eigenvalue weighted by Crippen LogP contribution is -2.39. The number of carbonyl (C=O) groups excluding carboxylic acids is 1. The van der Waals surface area contributed by atoms with Crippen molar-refractivity contribution < 1.29 is 4.79 Å². The molecule has 2 aliphatic heterocycles. The Morgan fingerprint density at radius 3 is 2.69 bits per heavy atom. The van der Waals surface area contributed by atoms with Crippen molar-refractivity contribution in [3.63, 3.8) is 0 Å². The van der Waals surface area contributed by atoms with E-state index in [-0.39, 0.29) is 5.78 Å². The molecule has 2 aliphatic rings. The van der Waals surface area contributed by atoms with Crippen LogP contribution >= 0.6 is 0 Å². The highest BCUT2D eigenvalue weighted by molar-refractivity contribution is 5.95. The summed E-state index contributed by atoms with van der Waals surface area (Å²) in [5, 5.41) is 6.89. The molecule has 1 aromatic heterocycles. The van der Waals surface area contributed by atoms with Crippen LogP contribution in [0.3, 0.4) is 0 Å². The summed E-state index contributed by atoms with van der Waals surface area (Å²) in [6, 6.07) is 11.7. The average Bonchev–Trinajstić information content (AvgIpc) is 3.36. The van der Waals surface area contributed by atoms with E-state index in [0.717, 1.165) is 30.4 Å². The third-order valence-corrected chi connectivity index (χ3v) is 5.89. The van der Waals surface area contributed by atoms with Gasteiger partial charge in [-0.25, -0.2) is 0 Å². The maximum atomic E-state index is 12.3. The maximum Gasteiger partial charge on any atom is 0.187 e. The van der Waals surface area contributed by atoms with Gasteiger partial charge in [0, 0.05) is 43.0 Å². The van der Waals surface area contributed by atoms with Crippen molar-refractivity contribution >= 4 is 11.5 Å². The zero-order valence-corrected chi connectivity index (χ0v) is 15.7. The SMILES string of the molecule is Cc1cc(C(=O)Cc2ccc(N3CCC(N4CCCC4C)C3)cc2)n[nH]1. The van der Waals surface area contributed by atoms with Gasteiger partial charge in [0.15, 0.2) is 5.78 Å². The van der Waals surface area contributed by atoms with Crippen LogP contribution in [0.5, 0.6) is 0 Å². The van der Waals surface area contributed by atoms with Gasteiger partial charge < -0.3 is 4.90 Å². The molecule has 0 bridgehead atoms. The minimum absolute atomic E-state index is 0.0614. The van der Waals surface area contributed by atoms with Crippen molar-refractivity contribution in [2.24, 2.45) is 0 Å². The fourth-order valence-corrected chi connectivity index (χ4v) is 4.41. The zero-order chi connectivity index (χ0) is 18.1. The Kier molecular flexibility index (Phi) is 4.81. The summed E-state index contributed by atoms with van der Waals surface area (Å²) in [6.45, 7) is 7.77. The predicted molar refractivity (Wildman–Crippen MR) is 104 cm³/mol. The standard InChI is InChI=1S/C21H28N4O/c1-15-12-20(23-22-15)21(26)13-17-5-7-18(8-6-17)24-11-9-19(14-24)25-10-3-4-16(25)2/h5-8,12,16,19H,3-4,9-11,13-14H2,1-2H3,(H,22,23). The van der Waals surface area contributed by atoms with Gasteiger partial charge in [0.2, 0.25) is 0 Å². The second-order valence-corrected chi connectivity index (χ2v) is 7.82. The van der Waals surface area contributed by atoms with Gasteiger partial charge in [-0.3, -0.25) is 14.8 Å². The van der Waals surface area contributed by atoms with E-state index in [2.05, 4.69) is 51.2 Å². The van der Waals surface area contributed by atoms with E-state index >= 15 is 0 Å². The lowest BCUT2D eigenvalue weighted by atomic mass is 10.1. The molecule has 2 atom stereocenters. The van der Waals surface area contributed by atoms with Crippen LogP contribution in [0.4, 0.5) is 5.69 Å². The number of likely N-dealkylation sites (tertiary alicyclic amines) is 1. The molecular formula is C21H28N4O. The first-order valence-electron chi connectivity index (χ1n) is 9.75. The number of aromatic amines is 1. The Hall–Kier alpha value is -2.14. The topological polar surface area (TPSA) is 52.2 Å². The molecule has 0 radical (unpaired) electrons. The van der Waals surface area contributed by atoms with Crippen LogP contribution in [-0.2, 0) is 6.42 Å². The summed E-state index contributed by atoms with van der Waals surface area (Å²) in [5.74, 6) is 0.0614. The van der Waals surface area contributed by atoms with Crippen LogP contribution in [0.1, 0.15) is 47.9 Å². The van der Waals surface area contributed by atoms with Gasteiger partial charge in [-0.15, -0.1) is 0 Å². The Morgan fingerprint density at radius 2 is 2.04 bits per heavy atom. The molecule has 4 rings (SSSR count). The molecule has 2 aromatic rings. The Bertz CT molecular complexity index is 767. The van der Waals surface area contributed by atoms with Crippen molar-refractivity contribution in [2.45, 2.75) is 51.6 Å². The third kappa shape index (κ3) is 3.54. The molecule has 2 unspecified atom stereocenters. The first kappa shape index (κ1) is 17.3. The molecule has 26 heavy (non-hydrogen) atoms. The van der Waals surface area contributed by atoms with Crippen LogP contribution < -0.4 is 4.90 Å². The summed E-state index contributed by atoms with van der Waals surface area (Å²) < 4.78 is 0. The number of nitrogens with zero attached hydrogens (tertiary/aromatic N) is 3. The highest BCUT2D eigenvalue weighted by atomic mass is 16.1. The fraction of sp³-hybridized carbons (Fsp3) is 0.524. The zero-order valence-electron chi connectivity index (χ0n) is 15.7. The van der Waals surface area contributed by atoms with Crippen molar-refractivity contribution in [3.05, 3.63) is 47.3 Å². The predicted octanol–water partition coefficient (Wildman–Crippen LogP) is 3.21. The van der Waals surface area contributed by atoms with Crippen LogP contribution in [0.2, 0.25) is 0 Å². The lowest BCUT2D eigenvalue weighted by Gasteiger charge is -2.28. The lowest BCUT2D eigenvalue weighted by molar-refractivity contribution is 0.0988. The molecule has 0 amide bonds. The fourth-order valence-electron chi connectivity index (χ4n) is 4.41. The largest absolute Gasteiger partial charge is 0.370 e. The van der Waals surface area contributed by atoms with E-state index in [1.807, 2.05) is 6.92 Å². The molecule has 0 aliphatic carbocycles. The van der Waals surface area contributed by atoms with E-state index in [4.69, 9.17) is 0 Å². The first-order chi connectivity index (χ1) is 12.6. The van der Waals surface area contributed by atoms with Crippen molar-refractivity contribution in [2.75, 3.05) is 24.5 Å². The van der Waals surface area contributed by atoms with E-state index in [1.54, 1.807) is 6.07 Å². The van der Waals surface area contributed by atoms with Crippen LogP contribution in [0.25, 0.3) is 0 Å². The van der Waals surface area contributed by atoms with Crippen molar-refractivity contribution in [3.8, 4) is 0 Å². The number of aromatic nitrogens is 2. The van der Waals surface area contributed by atoms with Crippen molar-refractivity contribution in [1.29, 1.82) is 0 Å². The maximum absolute atomic E-state index is 12.3. The highest BCUT2D eigenvalue weighted by Crippen LogP contribution is 2.28. The number of aryl methyl sites for hydroxylation is 1. The van der Waals surface area contributed by atoms with Crippen LogP contribution in [0, 0.1) is 6.92 Å². The van der Waals surface area contributed by atoms with E-state index < -0.39 is 0 Å². The van der Waals surface area contributed by atoms with Gasteiger partial charge in [-0.1, -0.05) is 12.1 Å². The molecule has 1 aromatic carbocycles. The first-order valence-corrected chi connectivity index (χ1v) is 9.75. The smallest absolute Gasteiger partial charge is 0.187 e. The number of H-pyrrole nitrogens is 1. The van der Waals surface area contributed by atoms with Crippen LogP contribution in [0.15, 0.2) is 30.3 Å². The number of rotatable bonds is 5. The van der Waals surface area contributed by atoms with Gasteiger partial charge in [-0.2, -0.15) is 5.10 Å². The molecule has 1 N–H and O–H groups in total. The summed E-state index contributed by atoms with van der Waals surface area (Å²) in [7, 11) is 0.